The number of pyridine rings is 1. The lowest BCUT2D eigenvalue weighted by Gasteiger charge is -2.38. The molecule has 348 valence electrons. The van der Waals surface area contributed by atoms with Gasteiger partial charge in [-0.3, -0.25) is 25.3 Å². The van der Waals surface area contributed by atoms with Gasteiger partial charge in [0.05, 0.1) is 17.8 Å². The summed E-state index contributed by atoms with van der Waals surface area (Å²) >= 11 is 0. The van der Waals surface area contributed by atoms with Crippen LogP contribution in [0.4, 0.5) is 18.4 Å². The minimum atomic E-state index is -2.34. The summed E-state index contributed by atoms with van der Waals surface area (Å²) in [4.78, 5) is 75.7. The third-order valence-electron chi connectivity index (χ3n) is 10.6. The van der Waals surface area contributed by atoms with Crippen LogP contribution in [0.1, 0.15) is 66.9 Å². The SMILES string of the molecule is CC(C)[C@H](NC(=O)N(C)Cc1ccccn1)C(=O)NN(Cc1ccc(F)cc1)C[C@H](CCc1ccc(F)cc1)NC(=O)[C@](NC(=O)OCc1ccccc1)(OC(=O)c1ccccc1)C(C)C. The molecular formula is C50H57F2N7O7. The van der Waals surface area contributed by atoms with E-state index in [0.717, 1.165) is 5.56 Å². The largest absolute Gasteiger partial charge is 0.445 e. The number of carbonyl (C=O) groups is 5. The van der Waals surface area contributed by atoms with Gasteiger partial charge in [-0.05, 0) is 84.0 Å². The Morgan fingerprint density at radius 3 is 1.91 bits per heavy atom. The van der Waals surface area contributed by atoms with Crippen molar-refractivity contribution in [3.8, 4) is 0 Å². The van der Waals surface area contributed by atoms with Crippen LogP contribution in [0, 0.1) is 23.5 Å². The average molecular weight is 906 g/mol. The molecule has 0 unspecified atom stereocenters. The Morgan fingerprint density at radius 2 is 1.32 bits per heavy atom. The van der Waals surface area contributed by atoms with E-state index in [9.17, 15) is 32.8 Å². The summed E-state index contributed by atoms with van der Waals surface area (Å²) in [6.07, 6.45) is 1.08. The number of nitrogens with one attached hydrogen (secondary N) is 4. The number of hydrogen-bond donors (Lipinski definition) is 4. The Morgan fingerprint density at radius 1 is 0.712 bits per heavy atom. The summed E-state index contributed by atoms with van der Waals surface area (Å²) in [6, 6.07) is 31.3. The quantitative estimate of drug-likeness (QED) is 0.0335. The van der Waals surface area contributed by atoms with Crippen LogP contribution in [0.3, 0.4) is 0 Å². The molecule has 3 atom stereocenters. The van der Waals surface area contributed by atoms with Crippen molar-refractivity contribution in [3.63, 3.8) is 0 Å². The zero-order valence-electron chi connectivity index (χ0n) is 37.7. The fourth-order valence-corrected chi connectivity index (χ4v) is 6.87. The molecule has 0 aliphatic heterocycles. The number of amides is 5. The van der Waals surface area contributed by atoms with Gasteiger partial charge in [0.2, 0.25) is 0 Å². The predicted molar refractivity (Wildman–Crippen MR) is 244 cm³/mol. The van der Waals surface area contributed by atoms with Gasteiger partial charge in [0.15, 0.2) is 0 Å². The monoisotopic (exact) mass is 905 g/mol. The highest BCUT2D eigenvalue weighted by molar-refractivity contribution is 5.95. The number of esters is 1. The first-order chi connectivity index (χ1) is 31.6. The fraction of sp³-hybridized carbons (Fsp3) is 0.320. The average Bonchev–Trinajstić information content (AvgIpc) is 3.30. The summed E-state index contributed by atoms with van der Waals surface area (Å²) in [5.41, 5.74) is 3.35. The summed E-state index contributed by atoms with van der Waals surface area (Å²) in [7, 11) is 1.58. The second-order valence-corrected chi connectivity index (χ2v) is 16.5. The zero-order valence-corrected chi connectivity index (χ0v) is 37.7. The maximum atomic E-state index is 15.0. The van der Waals surface area contributed by atoms with Crippen LogP contribution in [0.5, 0.6) is 0 Å². The van der Waals surface area contributed by atoms with Crippen molar-refractivity contribution in [2.24, 2.45) is 11.8 Å². The van der Waals surface area contributed by atoms with Crippen molar-refractivity contribution in [1.82, 2.24) is 36.3 Å². The van der Waals surface area contributed by atoms with Crippen molar-refractivity contribution < 1.29 is 42.2 Å². The molecule has 66 heavy (non-hydrogen) atoms. The van der Waals surface area contributed by atoms with Crippen LogP contribution in [0.2, 0.25) is 0 Å². The standard InChI is InChI=1S/C50H57F2N7O7/c1-34(2)44(55-48(63)58(5)31-42-18-12-13-29-53-42)45(60)57-59(30-37-21-26-41(52)27-22-37)32-43(28-23-36-19-24-40(51)25-20-36)54-47(62)50(35(3)4,66-46(61)39-16-10-7-11-17-39)56-49(64)65-33-38-14-8-6-9-15-38/h6-22,24-27,29,34-35,43-44H,23,28,30-33H2,1-5H3,(H,54,62)(H,55,63)(H,56,64)(H,57,60)/t43-,44-,50+/m0/s1. The lowest BCUT2D eigenvalue weighted by molar-refractivity contribution is -0.151. The predicted octanol–water partition coefficient (Wildman–Crippen LogP) is 7.31. The number of aromatic nitrogens is 1. The Balaban J connectivity index is 1.46. The molecule has 14 nitrogen and oxygen atoms in total. The van der Waals surface area contributed by atoms with Crippen LogP contribution in [-0.2, 0) is 45.2 Å². The number of carbonyl (C=O) groups excluding carboxylic acids is 5. The molecule has 0 spiro atoms. The van der Waals surface area contributed by atoms with E-state index in [1.54, 1.807) is 126 Å². The number of hydrogen-bond acceptors (Lipinski definition) is 9. The second-order valence-electron chi connectivity index (χ2n) is 16.5. The van der Waals surface area contributed by atoms with E-state index in [1.165, 1.54) is 46.3 Å². The molecule has 0 aliphatic rings. The van der Waals surface area contributed by atoms with Crippen molar-refractivity contribution >= 4 is 29.9 Å². The lowest BCUT2D eigenvalue weighted by Crippen LogP contribution is -2.66. The molecule has 0 saturated carbocycles. The molecule has 1 aromatic heterocycles. The number of ether oxygens (including phenoxy) is 2. The van der Waals surface area contributed by atoms with Gasteiger partial charge in [0.25, 0.3) is 17.5 Å². The first kappa shape index (κ1) is 49.8. The molecule has 1 heterocycles. The van der Waals surface area contributed by atoms with Crippen LogP contribution < -0.4 is 21.4 Å². The Bertz CT molecular complexity index is 2340. The molecule has 4 aromatic carbocycles. The molecule has 0 fully saturated rings. The lowest BCUT2D eigenvalue weighted by atomic mass is 9.96. The Hall–Kier alpha value is -7.20. The third kappa shape index (κ3) is 14.9. The Labute approximate surface area is 384 Å². The van der Waals surface area contributed by atoms with Crippen LogP contribution in [0.25, 0.3) is 0 Å². The molecule has 16 heteroatoms. The van der Waals surface area contributed by atoms with Gasteiger partial charge in [0.1, 0.15) is 24.3 Å². The van der Waals surface area contributed by atoms with E-state index in [0.29, 0.717) is 23.2 Å². The molecule has 4 N–H and O–H groups in total. The first-order valence-electron chi connectivity index (χ1n) is 21.7. The van der Waals surface area contributed by atoms with Crippen molar-refractivity contribution in [3.05, 3.63) is 173 Å². The van der Waals surface area contributed by atoms with Crippen LogP contribution >= 0.6 is 0 Å². The minimum absolute atomic E-state index is 0.00958. The van der Waals surface area contributed by atoms with E-state index >= 15 is 0 Å². The number of alkyl carbamates (subject to hydrolysis) is 1. The minimum Gasteiger partial charge on any atom is -0.445 e. The smallest absolute Gasteiger partial charge is 0.410 e. The second kappa shape index (κ2) is 24.2. The van der Waals surface area contributed by atoms with E-state index in [4.69, 9.17) is 9.47 Å². The van der Waals surface area contributed by atoms with Gasteiger partial charge < -0.3 is 25.0 Å². The van der Waals surface area contributed by atoms with Gasteiger partial charge in [-0.2, -0.15) is 0 Å². The number of aryl methyl sites for hydroxylation is 1. The third-order valence-corrected chi connectivity index (χ3v) is 10.6. The van der Waals surface area contributed by atoms with Crippen molar-refractivity contribution in [1.29, 1.82) is 0 Å². The van der Waals surface area contributed by atoms with Gasteiger partial charge in [-0.15, -0.1) is 0 Å². The maximum absolute atomic E-state index is 15.0. The number of hydrazine groups is 1. The van der Waals surface area contributed by atoms with E-state index in [-0.39, 0.29) is 38.2 Å². The Kier molecular flexibility index (Phi) is 18.3. The maximum Gasteiger partial charge on any atom is 0.410 e. The van der Waals surface area contributed by atoms with Crippen molar-refractivity contribution in [2.45, 2.75) is 78.0 Å². The molecule has 0 bridgehead atoms. The number of halogens is 2. The van der Waals surface area contributed by atoms with Gasteiger partial charge >= 0.3 is 18.1 Å². The number of urea groups is 1. The van der Waals surface area contributed by atoms with Gasteiger partial charge in [-0.25, -0.2) is 28.2 Å². The highest BCUT2D eigenvalue weighted by Crippen LogP contribution is 2.24. The summed E-state index contributed by atoms with van der Waals surface area (Å²) in [5, 5.41) is 9.89. The van der Waals surface area contributed by atoms with E-state index in [1.807, 2.05) is 6.07 Å². The summed E-state index contributed by atoms with van der Waals surface area (Å²) in [6.45, 7) is 6.69. The fourth-order valence-electron chi connectivity index (χ4n) is 6.87. The van der Waals surface area contributed by atoms with E-state index in [2.05, 4.69) is 26.4 Å². The highest BCUT2D eigenvalue weighted by atomic mass is 19.1. The molecular weight excluding hydrogens is 849 g/mol. The summed E-state index contributed by atoms with van der Waals surface area (Å²) in [5.74, 6) is -4.56. The van der Waals surface area contributed by atoms with Crippen LogP contribution in [-0.4, -0.2) is 76.2 Å². The van der Waals surface area contributed by atoms with Crippen molar-refractivity contribution in [2.75, 3.05) is 13.6 Å². The summed E-state index contributed by atoms with van der Waals surface area (Å²) < 4.78 is 39.6. The molecule has 0 saturated heterocycles. The molecule has 5 amide bonds. The van der Waals surface area contributed by atoms with Crippen LogP contribution in [0.15, 0.2) is 134 Å². The number of benzene rings is 4. The molecule has 0 aliphatic carbocycles. The highest BCUT2D eigenvalue weighted by Gasteiger charge is 2.49. The topological polar surface area (TPSA) is 171 Å². The molecule has 0 radical (unpaired) electrons. The number of rotatable bonds is 21. The van der Waals surface area contributed by atoms with Gasteiger partial charge in [0, 0.05) is 38.3 Å². The molecule has 5 aromatic rings. The molecule has 5 rings (SSSR count). The normalized spacial score (nSPS) is 12.9. The van der Waals surface area contributed by atoms with E-state index < -0.39 is 71.2 Å². The van der Waals surface area contributed by atoms with Gasteiger partial charge in [-0.1, -0.05) is 107 Å². The number of nitrogens with zero attached hydrogens (tertiary/aromatic N) is 3. The zero-order chi connectivity index (χ0) is 47.6. The first-order valence-corrected chi connectivity index (χ1v) is 21.7.